The Hall–Kier alpha value is -1.49. The summed E-state index contributed by atoms with van der Waals surface area (Å²) in [6.45, 7) is 3.63. The van der Waals surface area contributed by atoms with E-state index < -0.39 is 0 Å². The van der Waals surface area contributed by atoms with Gasteiger partial charge in [0.15, 0.2) is 5.78 Å². The fourth-order valence-corrected chi connectivity index (χ4v) is 2.53. The van der Waals surface area contributed by atoms with E-state index in [4.69, 9.17) is 0 Å². The third-order valence-corrected chi connectivity index (χ3v) is 3.64. The summed E-state index contributed by atoms with van der Waals surface area (Å²) in [4.78, 5) is 12.3. The maximum atomic E-state index is 13.7. The van der Waals surface area contributed by atoms with Crippen LogP contribution in [0.4, 0.5) is 4.39 Å². The lowest BCUT2D eigenvalue weighted by Crippen LogP contribution is -2.08. The maximum Gasteiger partial charge on any atom is 0.171 e. The fourth-order valence-electron chi connectivity index (χ4n) is 2.12. The summed E-state index contributed by atoms with van der Waals surface area (Å²) >= 11 is 3.28. The molecule has 3 nitrogen and oxygen atoms in total. The SMILES string of the molecule is Cc1nn(C)c(C)c1C(=O)Cc1cc(Br)ccc1F. The molecule has 0 bridgehead atoms. The number of Topliss-reactive ketones (excluding diaryl/α,β-unsaturated/α-hetero) is 1. The summed E-state index contributed by atoms with van der Waals surface area (Å²) in [5, 5.41) is 4.21. The van der Waals surface area contributed by atoms with Crippen LogP contribution in [0.1, 0.15) is 27.3 Å². The molecule has 0 fully saturated rings. The molecule has 0 amide bonds. The molecular weight excluding hydrogens is 311 g/mol. The van der Waals surface area contributed by atoms with Crippen molar-refractivity contribution in [1.29, 1.82) is 0 Å². The molecule has 0 N–H and O–H groups in total. The molecule has 0 aliphatic heterocycles. The summed E-state index contributed by atoms with van der Waals surface area (Å²) in [6.07, 6.45) is 0.0403. The Bertz CT molecular complexity index is 649. The Morgan fingerprint density at radius 2 is 2.11 bits per heavy atom. The number of nitrogens with zero attached hydrogens (tertiary/aromatic N) is 2. The number of ketones is 1. The van der Waals surface area contributed by atoms with E-state index in [1.807, 2.05) is 6.92 Å². The zero-order valence-electron chi connectivity index (χ0n) is 11.0. The van der Waals surface area contributed by atoms with Gasteiger partial charge in [-0.1, -0.05) is 15.9 Å². The molecule has 0 aliphatic carbocycles. The molecule has 0 saturated carbocycles. The van der Waals surface area contributed by atoms with Crippen molar-refractivity contribution in [2.75, 3.05) is 0 Å². The van der Waals surface area contributed by atoms with Crippen LogP contribution in [-0.2, 0) is 13.5 Å². The van der Waals surface area contributed by atoms with Crippen molar-refractivity contribution < 1.29 is 9.18 Å². The van der Waals surface area contributed by atoms with Crippen molar-refractivity contribution in [1.82, 2.24) is 9.78 Å². The predicted molar refractivity (Wildman–Crippen MR) is 74.8 cm³/mol. The van der Waals surface area contributed by atoms with Crippen LogP contribution in [0, 0.1) is 19.7 Å². The highest BCUT2D eigenvalue weighted by Gasteiger charge is 2.18. The zero-order chi connectivity index (χ0) is 14.2. The van der Waals surface area contributed by atoms with Gasteiger partial charge in [-0.05, 0) is 37.6 Å². The molecule has 1 heterocycles. The van der Waals surface area contributed by atoms with E-state index in [0.717, 1.165) is 10.2 Å². The van der Waals surface area contributed by atoms with E-state index in [9.17, 15) is 9.18 Å². The molecule has 0 aliphatic rings. The molecule has 5 heteroatoms. The summed E-state index contributed by atoms with van der Waals surface area (Å²) < 4.78 is 16.1. The molecule has 0 spiro atoms. The summed E-state index contributed by atoms with van der Waals surface area (Å²) in [5.41, 5.74) is 2.46. The van der Waals surface area contributed by atoms with Crippen LogP contribution in [-0.4, -0.2) is 15.6 Å². The van der Waals surface area contributed by atoms with Gasteiger partial charge in [0.05, 0.1) is 11.3 Å². The summed E-state index contributed by atoms with van der Waals surface area (Å²) in [6, 6.07) is 4.60. The van der Waals surface area contributed by atoms with Gasteiger partial charge in [0.2, 0.25) is 0 Å². The van der Waals surface area contributed by atoms with Crippen molar-refractivity contribution in [3.63, 3.8) is 0 Å². The summed E-state index contributed by atoms with van der Waals surface area (Å²) in [5.74, 6) is -0.476. The molecule has 2 rings (SSSR count). The Morgan fingerprint density at radius 1 is 1.42 bits per heavy atom. The number of benzene rings is 1. The van der Waals surface area contributed by atoms with Crippen LogP contribution >= 0.6 is 15.9 Å². The average molecular weight is 325 g/mol. The van der Waals surface area contributed by atoms with E-state index in [2.05, 4.69) is 21.0 Å². The van der Waals surface area contributed by atoms with Crippen LogP contribution in [0.2, 0.25) is 0 Å². The van der Waals surface area contributed by atoms with E-state index in [1.54, 1.807) is 30.8 Å². The Morgan fingerprint density at radius 3 is 2.68 bits per heavy atom. The van der Waals surface area contributed by atoms with Crippen molar-refractivity contribution in [3.8, 4) is 0 Å². The Labute approximate surface area is 119 Å². The number of rotatable bonds is 3. The van der Waals surface area contributed by atoms with E-state index in [0.29, 0.717) is 16.8 Å². The van der Waals surface area contributed by atoms with Crippen LogP contribution in [0.5, 0.6) is 0 Å². The van der Waals surface area contributed by atoms with Gasteiger partial charge in [-0.2, -0.15) is 5.10 Å². The molecule has 19 heavy (non-hydrogen) atoms. The molecule has 0 unspecified atom stereocenters. The van der Waals surface area contributed by atoms with Crippen LogP contribution in [0.25, 0.3) is 0 Å². The number of aromatic nitrogens is 2. The fraction of sp³-hybridized carbons (Fsp3) is 0.286. The number of carbonyl (C=O) groups is 1. The van der Waals surface area contributed by atoms with Crippen molar-refractivity contribution in [2.45, 2.75) is 20.3 Å². The first-order chi connectivity index (χ1) is 8.90. The second-order valence-electron chi connectivity index (χ2n) is 4.51. The van der Waals surface area contributed by atoms with Crippen LogP contribution in [0.15, 0.2) is 22.7 Å². The van der Waals surface area contributed by atoms with E-state index >= 15 is 0 Å². The van der Waals surface area contributed by atoms with E-state index in [1.165, 1.54) is 6.07 Å². The third kappa shape index (κ3) is 2.76. The highest BCUT2D eigenvalue weighted by atomic mass is 79.9. The number of hydrogen-bond acceptors (Lipinski definition) is 2. The molecule has 2 aromatic rings. The first-order valence-electron chi connectivity index (χ1n) is 5.87. The minimum atomic E-state index is -0.365. The largest absolute Gasteiger partial charge is 0.294 e. The maximum absolute atomic E-state index is 13.7. The lowest BCUT2D eigenvalue weighted by molar-refractivity contribution is 0.0990. The number of aryl methyl sites for hydroxylation is 2. The summed E-state index contributed by atoms with van der Waals surface area (Å²) in [7, 11) is 1.79. The number of hydrogen-bond donors (Lipinski definition) is 0. The number of carbonyl (C=O) groups excluding carboxylic acids is 1. The van der Waals surface area contributed by atoms with Gasteiger partial charge >= 0.3 is 0 Å². The first-order valence-corrected chi connectivity index (χ1v) is 6.66. The van der Waals surface area contributed by atoms with Gasteiger partial charge in [0, 0.05) is 23.6 Å². The smallest absolute Gasteiger partial charge is 0.171 e. The van der Waals surface area contributed by atoms with Crippen molar-refractivity contribution in [3.05, 3.63) is 51.0 Å². The van der Waals surface area contributed by atoms with Crippen molar-refractivity contribution in [2.24, 2.45) is 7.05 Å². The Balaban J connectivity index is 2.33. The average Bonchev–Trinajstić information content (AvgIpc) is 2.58. The molecule has 0 saturated heterocycles. The van der Waals surface area contributed by atoms with Crippen LogP contribution in [0.3, 0.4) is 0 Å². The molecule has 1 aromatic carbocycles. The van der Waals surface area contributed by atoms with Gasteiger partial charge in [0.25, 0.3) is 0 Å². The predicted octanol–water partition coefficient (Wildman–Crippen LogP) is 3.36. The quantitative estimate of drug-likeness (QED) is 0.811. The lowest BCUT2D eigenvalue weighted by Gasteiger charge is -2.04. The first kappa shape index (κ1) is 13.9. The lowest BCUT2D eigenvalue weighted by atomic mass is 10.0. The Kier molecular flexibility index (Phi) is 3.85. The highest BCUT2D eigenvalue weighted by molar-refractivity contribution is 9.10. The van der Waals surface area contributed by atoms with Crippen molar-refractivity contribution >= 4 is 21.7 Å². The van der Waals surface area contributed by atoms with Crippen LogP contribution < -0.4 is 0 Å². The standard InChI is InChI=1S/C14H14BrFN2O/c1-8-14(9(2)18(3)17-8)13(19)7-10-6-11(15)4-5-12(10)16/h4-6H,7H2,1-3H3. The number of halogens is 2. The molecular formula is C14H14BrFN2O. The molecule has 100 valence electrons. The second-order valence-corrected chi connectivity index (χ2v) is 5.42. The third-order valence-electron chi connectivity index (χ3n) is 3.15. The molecule has 0 atom stereocenters. The minimum Gasteiger partial charge on any atom is -0.294 e. The monoisotopic (exact) mass is 324 g/mol. The normalized spacial score (nSPS) is 10.8. The minimum absolute atomic E-state index is 0.0403. The molecule has 1 aromatic heterocycles. The zero-order valence-corrected chi connectivity index (χ0v) is 12.6. The van der Waals surface area contributed by atoms with Gasteiger partial charge < -0.3 is 0 Å². The topological polar surface area (TPSA) is 34.9 Å². The van der Waals surface area contributed by atoms with E-state index in [-0.39, 0.29) is 18.0 Å². The van der Waals surface area contributed by atoms with Gasteiger partial charge in [-0.15, -0.1) is 0 Å². The molecule has 0 radical (unpaired) electrons. The highest BCUT2D eigenvalue weighted by Crippen LogP contribution is 2.20. The second kappa shape index (κ2) is 5.25. The van der Waals surface area contributed by atoms with Gasteiger partial charge in [-0.3, -0.25) is 9.48 Å². The van der Waals surface area contributed by atoms with Gasteiger partial charge in [-0.25, -0.2) is 4.39 Å². The van der Waals surface area contributed by atoms with Gasteiger partial charge in [0.1, 0.15) is 5.82 Å².